The molecule has 0 saturated heterocycles. The molecule has 0 bridgehead atoms. The number of hydrogen-bond donors (Lipinski definition) is 0. The fourth-order valence-corrected chi connectivity index (χ4v) is 4.58. The normalized spacial score (nSPS) is 14.3. The van der Waals surface area contributed by atoms with Gasteiger partial charge < -0.3 is 28.4 Å². The summed E-state index contributed by atoms with van der Waals surface area (Å²) >= 11 is 6.86. The van der Waals surface area contributed by atoms with Gasteiger partial charge in [-0.25, -0.2) is 0 Å². The number of ether oxygens (including phenoxy) is 6. The number of methoxy groups -OCH3 is 3. The molecule has 0 N–H and O–H groups in total. The van der Waals surface area contributed by atoms with Crippen LogP contribution in [0, 0.1) is 5.92 Å². The molecular formula is C27H52Br2O6. The van der Waals surface area contributed by atoms with Gasteiger partial charge in [0.1, 0.15) is 32.6 Å². The van der Waals surface area contributed by atoms with Crippen molar-refractivity contribution in [1.82, 2.24) is 0 Å². The van der Waals surface area contributed by atoms with E-state index in [1.165, 1.54) is 70.6 Å². The molecule has 35 heavy (non-hydrogen) atoms. The van der Waals surface area contributed by atoms with Gasteiger partial charge in [0.2, 0.25) is 0 Å². The van der Waals surface area contributed by atoms with Gasteiger partial charge in [0.25, 0.3) is 0 Å². The molecule has 210 valence electrons. The van der Waals surface area contributed by atoms with E-state index in [9.17, 15) is 0 Å². The third kappa shape index (κ3) is 22.2. The lowest BCUT2D eigenvalue weighted by molar-refractivity contribution is -0.199. The molecule has 0 aromatic carbocycles. The standard InChI is InChI=1S/C27H52Br2O6/c1-23(2)17-15-13-11-9-7-6-8-10-12-14-16-18-24(33-20-30-3)27(35-22-32-5)25(19-26(28)29)34-21-31-4/h19,23-25,27H,6-18,20-22H2,1-5H3/t24-,25+,27+/m0/s1. The molecule has 0 fully saturated rings. The van der Waals surface area contributed by atoms with E-state index >= 15 is 0 Å². The first-order valence-electron chi connectivity index (χ1n) is 13.3. The Bertz CT molecular complexity index is 475. The maximum absolute atomic E-state index is 6.02. The van der Waals surface area contributed by atoms with Crippen molar-refractivity contribution in [3.63, 3.8) is 0 Å². The van der Waals surface area contributed by atoms with E-state index in [0.717, 1.165) is 22.2 Å². The Morgan fingerprint density at radius 2 is 1.03 bits per heavy atom. The average molecular weight is 633 g/mol. The molecule has 0 saturated carbocycles. The molecule has 6 nitrogen and oxygen atoms in total. The summed E-state index contributed by atoms with van der Waals surface area (Å²) in [5, 5.41) is 0. The van der Waals surface area contributed by atoms with Gasteiger partial charge in [0.15, 0.2) is 0 Å². The molecule has 0 spiro atoms. The van der Waals surface area contributed by atoms with E-state index in [4.69, 9.17) is 28.4 Å². The second-order valence-electron chi connectivity index (χ2n) is 9.50. The van der Waals surface area contributed by atoms with Crippen LogP contribution in [0.25, 0.3) is 0 Å². The molecule has 0 aliphatic rings. The summed E-state index contributed by atoms with van der Waals surface area (Å²) in [4.78, 5) is 0. The van der Waals surface area contributed by atoms with E-state index < -0.39 is 0 Å². The minimum Gasteiger partial charge on any atom is -0.359 e. The molecule has 0 aromatic rings. The Morgan fingerprint density at radius 3 is 1.49 bits per heavy atom. The maximum atomic E-state index is 6.02. The van der Waals surface area contributed by atoms with Crippen LogP contribution in [0.5, 0.6) is 0 Å². The predicted molar refractivity (Wildman–Crippen MR) is 151 cm³/mol. The summed E-state index contributed by atoms with van der Waals surface area (Å²) < 4.78 is 34.2. The van der Waals surface area contributed by atoms with Gasteiger partial charge in [-0.05, 0) is 50.3 Å². The van der Waals surface area contributed by atoms with Crippen LogP contribution in [0.3, 0.4) is 0 Å². The Hall–Kier alpha value is 0.460. The van der Waals surface area contributed by atoms with Gasteiger partial charge in [0.05, 0.1) is 9.50 Å². The first kappa shape index (κ1) is 35.5. The molecule has 0 heterocycles. The van der Waals surface area contributed by atoms with Gasteiger partial charge in [-0.2, -0.15) is 0 Å². The second kappa shape index (κ2) is 26.1. The highest BCUT2D eigenvalue weighted by Crippen LogP contribution is 2.24. The lowest BCUT2D eigenvalue weighted by Crippen LogP contribution is -2.43. The van der Waals surface area contributed by atoms with E-state index in [2.05, 4.69) is 45.7 Å². The lowest BCUT2D eigenvalue weighted by atomic mass is 9.99. The third-order valence-electron chi connectivity index (χ3n) is 5.91. The molecule has 0 aromatic heterocycles. The quantitative estimate of drug-likeness (QED) is 0.0707. The first-order chi connectivity index (χ1) is 17.0. The molecule has 0 rings (SSSR count). The monoisotopic (exact) mass is 630 g/mol. The highest BCUT2D eigenvalue weighted by Gasteiger charge is 2.31. The zero-order chi connectivity index (χ0) is 26.2. The summed E-state index contributed by atoms with van der Waals surface area (Å²) in [6.45, 7) is 5.13. The Balaban J connectivity index is 4.42. The summed E-state index contributed by atoms with van der Waals surface area (Å²) in [5.74, 6) is 0.847. The van der Waals surface area contributed by atoms with Crippen LogP contribution in [0.15, 0.2) is 9.47 Å². The smallest absolute Gasteiger partial charge is 0.147 e. The summed E-state index contributed by atoms with van der Waals surface area (Å²) in [6, 6.07) is 0. The van der Waals surface area contributed by atoms with E-state index in [1.54, 1.807) is 21.3 Å². The Kier molecular flexibility index (Phi) is 26.4. The van der Waals surface area contributed by atoms with Crippen molar-refractivity contribution in [2.24, 2.45) is 5.92 Å². The van der Waals surface area contributed by atoms with Gasteiger partial charge in [-0.1, -0.05) is 90.9 Å². The highest BCUT2D eigenvalue weighted by molar-refractivity contribution is 9.28. The van der Waals surface area contributed by atoms with Crippen LogP contribution in [0.4, 0.5) is 0 Å². The van der Waals surface area contributed by atoms with Gasteiger partial charge in [0, 0.05) is 21.3 Å². The molecule has 3 atom stereocenters. The minimum atomic E-state index is -0.383. The lowest BCUT2D eigenvalue weighted by Gasteiger charge is -2.32. The van der Waals surface area contributed by atoms with Crippen LogP contribution in [-0.4, -0.2) is 60.0 Å². The van der Waals surface area contributed by atoms with Crippen LogP contribution >= 0.6 is 31.9 Å². The zero-order valence-electron chi connectivity index (χ0n) is 22.9. The number of hydrogen-bond acceptors (Lipinski definition) is 6. The fourth-order valence-electron chi connectivity index (χ4n) is 4.06. The SMILES string of the molecule is COCO[C@H]([C@H](CCCCCCCCCCCCCC(C)C)OCOC)[C@@H](C=C(Br)Br)OCOC. The number of unbranched alkanes of at least 4 members (excludes halogenated alkanes) is 10. The van der Waals surface area contributed by atoms with Crippen LogP contribution < -0.4 is 0 Å². The Labute approximate surface area is 232 Å². The molecule has 8 heteroatoms. The number of rotatable bonds is 26. The predicted octanol–water partition coefficient (Wildman–Crippen LogP) is 8.31. The summed E-state index contributed by atoms with van der Waals surface area (Å²) in [5.41, 5.74) is 0. The number of halogens is 2. The fraction of sp³-hybridized carbons (Fsp3) is 0.926. The maximum Gasteiger partial charge on any atom is 0.147 e. The Morgan fingerprint density at radius 1 is 0.600 bits per heavy atom. The average Bonchev–Trinajstić information content (AvgIpc) is 2.82. The van der Waals surface area contributed by atoms with E-state index in [1.807, 2.05) is 6.08 Å². The molecule has 0 radical (unpaired) electrons. The van der Waals surface area contributed by atoms with Crippen molar-refractivity contribution in [1.29, 1.82) is 0 Å². The van der Waals surface area contributed by atoms with E-state index in [-0.39, 0.29) is 38.7 Å². The van der Waals surface area contributed by atoms with Crippen molar-refractivity contribution in [3.8, 4) is 0 Å². The third-order valence-corrected chi connectivity index (χ3v) is 6.44. The van der Waals surface area contributed by atoms with Crippen molar-refractivity contribution in [2.75, 3.05) is 41.7 Å². The van der Waals surface area contributed by atoms with Crippen molar-refractivity contribution < 1.29 is 28.4 Å². The van der Waals surface area contributed by atoms with Gasteiger partial charge >= 0.3 is 0 Å². The van der Waals surface area contributed by atoms with Crippen LogP contribution in [-0.2, 0) is 28.4 Å². The van der Waals surface area contributed by atoms with E-state index in [0.29, 0.717) is 0 Å². The topological polar surface area (TPSA) is 55.4 Å². The molecule has 0 unspecified atom stereocenters. The first-order valence-corrected chi connectivity index (χ1v) is 14.9. The molecule has 0 aliphatic carbocycles. The van der Waals surface area contributed by atoms with Crippen LogP contribution in [0.2, 0.25) is 0 Å². The molecule has 0 aliphatic heterocycles. The van der Waals surface area contributed by atoms with Crippen molar-refractivity contribution >= 4 is 31.9 Å². The zero-order valence-corrected chi connectivity index (χ0v) is 26.1. The van der Waals surface area contributed by atoms with Crippen molar-refractivity contribution in [2.45, 2.75) is 116 Å². The summed E-state index contributed by atoms with van der Waals surface area (Å²) in [7, 11) is 4.83. The molecule has 0 amide bonds. The molecular weight excluding hydrogens is 580 g/mol. The van der Waals surface area contributed by atoms with Gasteiger partial charge in [-0.15, -0.1) is 0 Å². The van der Waals surface area contributed by atoms with Crippen molar-refractivity contribution in [3.05, 3.63) is 9.47 Å². The minimum absolute atomic E-state index is 0.149. The highest BCUT2D eigenvalue weighted by atomic mass is 79.9. The van der Waals surface area contributed by atoms with Gasteiger partial charge in [-0.3, -0.25) is 0 Å². The second-order valence-corrected chi connectivity index (χ2v) is 12.3. The van der Waals surface area contributed by atoms with Crippen LogP contribution in [0.1, 0.15) is 97.3 Å². The largest absolute Gasteiger partial charge is 0.359 e. The summed E-state index contributed by atoms with van der Waals surface area (Å²) in [6.07, 6.45) is 17.7.